The molecule has 16 heavy (non-hydrogen) atoms. The molecular formula is C12H13Cl2NO. The van der Waals surface area contributed by atoms with Gasteiger partial charge in [0.25, 0.3) is 5.91 Å². The summed E-state index contributed by atoms with van der Waals surface area (Å²) >= 11 is 11.6. The second-order valence-corrected chi connectivity index (χ2v) is 4.82. The second kappa shape index (κ2) is 5.07. The van der Waals surface area contributed by atoms with E-state index in [9.17, 15) is 4.79 Å². The predicted molar refractivity (Wildman–Crippen MR) is 66.2 cm³/mol. The van der Waals surface area contributed by atoms with Gasteiger partial charge in [0.2, 0.25) is 0 Å². The number of carbonyl (C=O) groups is 1. The highest BCUT2D eigenvalue weighted by atomic mass is 35.5. The third-order valence-electron chi connectivity index (χ3n) is 2.86. The van der Waals surface area contributed by atoms with Crippen LogP contribution in [-0.2, 0) is 0 Å². The van der Waals surface area contributed by atoms with E-state index in [0.29, 0.717) is 22.4 Å². The molecule has 0 spiro atoms. The van der Waals surface area contributed by atoms with Crippen molar-refractivity contribution in [2.24, 2.45) is 5.92 Å². The van der Waals surface area contributed by atoms with Crippen molar-refractivity contribution in [1.82, 2.24) is 4.90 Å². The predicted octanol–water partition coefficient (Wildman–Crippen LogP) is 3.04. The maximum absolute atomic E-state index is 12.1. The third-order valence-corrected chi connectivity index (χ3v) is 3.53. The highest BCUT2D eigenvalue weighted by Crippen LogP contribution is 2.20. The summed E-state index contributed by atoms with van der Waals surface area (Å²) in [7, 11) is 0. The highest BCUT2D eigenvalue weighted by Gasteiger charge is 2.26. The Hall–Kier alpha value is -0.730. The maximum Gasteiger partial charge on any atom is 0.253 e. The van der Waals surface area contributed by atoms with E-state index in [-0.39, 0.29) is 5.91 Å². The Labute approximate surface area is 105 Å². The van der Waals surface area contributed by atoms with Crippen LogP contribution in [0.15, 0.2) is 24.3 Å². The minimum Gasteiger partial charge on any atom is -0.338 e. The van der Waals surface area contributed by atoms with Gasteiger partial charge in [-0.1, -0.05) is 17.7 Å². The largest absolute Gasteiger partial charge is 0.338 e. The Kier molecular flexibility index (Phi) is 3.72. The van der Waals surface area contributed by atoms with Gasteiger partial charge in [-0.15, -0.1) is 11.6 Å². The first kappa shape index (κ1) is 11.7. The maximum atomic E-state index is 12.1. The summed E-state index contributed by atoms with van der Waals surface area (Å²) in [4.78, 5) is 13.9. The Morgan fingerprint density at radius 3 is 2.94 bits per heavy atom. The monoisotopic (exact) mass is 257 g/mol. The van der Waals surface area contributed by atoms with E-state index < -0.39 is 0 Å². The number of likely N-dealkylation sites (tertiary alicyclic amines) is 1. The molecule has 1 saturated heterocycles. The lowest BCUT2D eigenvalue weighted by Gasteiger charge is -2.16. The fourth-order valence-electron chi connectivity index (χ4n) is 1.95. The molecule has 0 saturated carbocycles. The smallest absolute Gasteiger partial charge is 0.253 e. The molecule has 1 aromatic rings. The molecule has 0 radical (unpaired) electrons. The zero-order valence-corrected chi connectivity index (χ0v) is 10.3. The van der Waals surface area contributed by atoms with Crippen molar-refractivity contribution in [1.29, 1.82) is 0 Å². The number of rotatable bonds is 2. The van der Waals surface area contributed by atoms with Crippen LogP contribution >= 0.6 is 23.2 Å². The standard InChI is InChI=1S/C12H13Cl2NO/c13-7-9-4-5-15(8-9)12(16)10-2-1-3-11(14)6-10/h1-3,6,9H,4-5,7-8H2. The number of halogens is 2. The first-order valence-electron chi connectivity index (χ1n) is 5.31. The number of alkyl halides is 1. The lowest BCUT2D eigenvalue weighted by atomic mass is 10.1. The lowest BCUT2D eigenvalue weighted by Crippen LogP contribution is -2.28. The van der Waals surface area contributed by atoms with E-state index in [1.54, 1.807) is 24.3 Å². The molecule has 1 heterocycles. The molecule has 0 aliphatic carbocycles. The molecule has 0 aromatic heterocycles. The molecule has 1 aliphatic heterocycles. The zero-order chi connectivity index (χ0) is 11.5. The molecule has 1 aromatic carbocycles. The molecule has 1 amide bonds. The molecule has 0 N–H and O–H groups in total. The van der Waals surface area contributed by atoms with Crippen LogP contribution in [0.25, 0.3) is 0 Å². The van der Waals surface area contributed by atoms with Gasteiger partial charge in [-0.3, -0.25) is 4.79 Å². The van der Waals surface area contributed by atoms with Crippen molar-refractivity contribution in [2.45, 2.75) is 6.42 Å². The molecule has 1 aliphatic rings. The quantitative estimate of drug-likeness (QED) is 0.746. The van der Waals surface area contributed by atoms with Crippen LogP contribution in [0.2, 0.25) is 5.02 Å². The van der Waals surface area contributed by atoms with Gasteiger partial charge in [-0.2, -0.15) is 0 Å². The summed E-state index contributed by atoms with van der Waals surface area (Å²) in [6.45, 7) is 1.55. The Morgan fingerprint density at radius 2 is 2.31 bits per heavy atom. The van der Waals surface area contributed by atoms with Crippen molar-refractivity contribution < 1.29 is 4.79 Å². The van der Waals surface area contributed by atoms with Gasteiger partial charge in [0, 0.05) is 29.6 Å². The number of nitrogens with zero attached hydrogens (tertiary/aromatic N) is 1. The number of carbonyl (C=O) groups excluding carboxylic acids is 1. The Bertz CT molecular complexity index is 394. The minimum absolute atomic E-state index is 0.0510. The van der Waals surface area contributed by atoms with Crippen LogP contribution in [-0.4, -0.2) is 29.8 Å². The minimum atomic E-state index is 0.0510. The molecule has 0 bridgehead atoms. The van der Waals surface area contributed by atoms with Crippen LogP contribution in [0.4, 0.5) is 0 Å². The fourth-order valence-corrected chi connectivity index (χ4v) is 2.39. The van der Waals surface area contributed by atoms with Crippen LogP contribution in [0, 0.1) is 5.92 Å². The number of hydrogen-bond donors (Lipinski definition) is 0. The van der Waals surface area contributed by atoms with E-state index >= 15 is 0 Å². The van der Waals surface area contributed by atoms with Crippen molar-refractivity contribution in [2.75, 3.05) is 19.0 Å². The van der Waals surface area contributed by atoms with Crippen LogP contribution in [0.3, 0.4) is 0 Å². The third kappa shape index (κ3) is 2.50. The number of amides is 1. The van der Waals surface area contributed by atoms with Gasteiger partial charge in [-0.05, 0) is 30.5 Å². The van der Waals surface area contributed by atoms with E-state index in [2.05, 4.69) is 0 Å². The van der Waals surface area contributed by atoms with Crippen LogP contribution in [0.1, 0.15) is 16.8 Å². The molecule has 2 rings (SSSR count). The van der Waals surface area contributed by atoms with Gasteiger partial charge in [0.1, 0.15) is 0 Å². The summed E-state index contributed by atoms with van der Waals surface area (Å²) in [6.07, 6.45) is 0.996. The fraction of sp³-hybridized carbons (Fsp3) is 0.417. The van der Waals surface area contributed by atoms with Crippen molar-refractivity contribution in [3.63, 3.8) is 0 Å². The molecular weight excluding hydrogens is 245 g/mol. The molecule has 1 fully saturated rings. The van der Waals surface area contributed by atoms with Crippen molar-refractivity contribution in [3.8, 4) is 0 Å². The summed E-state index contributed by atoms with van der Waals surface area (Å²) in [5.74, 6) is 1.11. The average Bonchev–Trinajstić information content (AvgIpc) is 2.76. The Balaban J connectivity index is 2.08. The summed E-state index contributed by atoms with van der Waals surface area (Å²) in [6, 6.07) is 7.06. The SMILES string of the molecule is O=C(c1cccc(Cl)c1)N1CCC(CCl)C1. The summed E-state index contributed by atoms with van der Waals surface area (Å²) in [5.41, 5.74) is 0.655. The second-order valence-electron chi connectivity index (χ2n) is 4.07. The number of hydrogen-bond acceptors (Lipinski definition) is 1. The molecule has 1 unspecified atom stereocenters. The first-order chi connectivity index (χ1) is 7.70. The van der Waals surface area contributed by atoms with Gasteiger partial charge in [0.15, 0.2) is 0 Å². The molecule has 2 nitrogen and oxygen atoms in total. The van der Waals surface area contributed by atoms with E-state index in [1.807, 2.05) is 4.90 Å². The van der Waals surface area contributed by atoms with Gasteiger partial charge in [-0.25, -0.2) is 0 Å². The topological polar surface area (TPSA) is 20.3 Å². The lowest BCUT2D eigenvalue weighted by molar-refractivity contribution is 0.0788. The highest BCUT2D eigenvalue weighted by molar-refractivity contribution is 6.30. The molecule has 4 heteroatoms. The summed E-state index contributed by atoms with van der Waals surface area (Å²) in [5, 5.41) is 0.596. The first-order valence-corrected chi connectivity index (χ1v) is 6.23. The van der Waals surface area contributed by atoms with Crippen LogP contribution < -0.4 is 0 Å². The van der Waals surface area contributed by atoms with Crippen LogP contribution in [0.5, 0.6) is 0 Å². The van der Waals surface area contributed by atoms with Crippen molar-refractivity contribution in [3.05, 3.63) is 34.9 Å². The van der Waals surface area contributed by atoms with Crippen molar-refractivity contribution >= 4 is 29.1 Å². The number of benzene rings is 1. The van der Waals surface area contributed by atoms with E-state index in [1.165, 1.54) is 0 Å². The Morgan fingerprint density at radius 1 is 1.50 bits per heavy atom. The van der Waals surface area contributed by atoms with Gasteiger partial charge >= 0.3 is 0 Å². The van der Waals surface area contributed by atoms with Gasteiger partial charge < -0.3 is 4.90 Å². The molecule has 1 atom stereocenters. The van der Waals surface area contributed by atoms with Gasteiger partial charge in [0.05, 0.1) is 0 Å². The zero-order valence-electron chi connectivity index (χ0n) is 8.83. The average molecular weight is 258 g/mol. The molecule has 86 valence electrons. The van der Waals surface area contributed by atoms with E-state index in [4.69, 9.17) is 23.2 Å². The normalized spacial score (nSPS) is 20.1. The van der Waals surface area contributed by atoms with E-state index in [0.717, 1.165) is 19.5 Å². The summed E-state index contributed by atoms with van der Waals surface area (Å²) < 4.78 is 0.